The number of carbonyl (C=O) groups excluding carboxylic acids is 1. The highest BCUT2D eigenvalue weighted by Gasteiger charge is 2.15. The highest BCUT2D eigenvalue weighted by Crippen LogP contribution is 2.26. The van der Waals surface area contributed by atoms with E-state index >= 15 is 0 Å². The third-order valence-electron chi connectivity index (χ3n) is 4.94. The molecular weight excluding hydrogens is 475 g/mol. The van der Waals surface area contributed by atoms with E-state index in [9.17, 15) is 14.0 Å². The van der Waals surface area contributed by atoms with E-state index in [2.05, 4.69) is 15.3 Å². The molecule has 0 aliphatic rings. The molecule has 7 nitrogen and oxygen atoms in total. The predicted octanol–water partition coefficient (Wildman–Crippen LogP) is 5.03. The third kappa shape index (κ3) is 4.78. The number of benzene rings is 2. The third-order valence-corrected chi connectivity index (χ3v) is 6.68. The number of furan rings is 1. The quantitative estimate of drug-likeness (QED) is 0.253. The summed E-state index contributed by atoms with van der Waals surface area (Å²) in [7, 11) is 0. The van der Waals surface area contributed by atoms with Crippen LogP contribution >= 0.6 is 23.1 Å². The van der Waals surface area contributed by atoms with Crippen molar-refractivity contribution in [1.82, 2.24) is 14.5 Å². The van der Waals surface area contributed by atoms with Gasteiger partial charge in [0, 0.05) is 10.9 Å². The molecule has 3 aromatic heterocycles. The Morgan fingerprint density at radius 2 is 1.91 bits per heavy atom. The zero-order chi connectivity index (χ0) is 23.5. The minimum Gasteiger partial charge on any atom is -0.467 e. The van der Waals surface area contributed by atoms with E-state index in [1.165, 1.54) is 28.0 Å². The summed E-state index contributed by atoms with van der Waals surface area (Å²) in [5, 5.41) is 5.92. The molecule has 0 saturated carbocycles. The molecule has 5 rings (SSSR count). The van der Waals surface area contributed by atoms with Crippen LogP contribution in [0.4, 0.5) is 9.52 Å². The maximum atomic E-state index is 13.1. The van der Waals surface area contributed by atoms with Gasteiger partial charge in [-0.15, -0.1) is 11.3 Å². The van der Waals surface area contributed by atoms with Crippen molar-refractivity contribution >= 4 is 45.0 Å². The van der Waals surface area contributed by atoms with Crippen molar-refractivity contribution in [2.45, 2.75) is 11.7 Å². The van der Waals surface area contributed by atoms with Crippen LogP contribution in [0.1, 0.15) is 5.76 Å². The van der Waals surface area contributed by atoms with Crippen molar-refractivity contribution in [2.75, 3.05) is 11.1 Å². The summed E-state index contributed by atoms with van der Waals surface area (Å²) >= 11 is 2.44. The van der Waals surface area contributed by atoms with Crippen molar-refractivity contribution in [1.29, 1.82) is 0 Å². The van der Waals surface area contributed by atoms with Gasteiger partial charge in [-0.1, -0.05) is 23.9 Å². The number of amides is 1. The molecule has 0 unspecified atom stereocenters. The Kier molecular flexibility index (Phi) is 6.24. The number of hydrogen-bond donors (Lipinski definition) is 1. The monoisotopic (exact) mass is 492 g/mol. The van der Waals surface area contributed by atoms with Crippen LogP contribution in [0.2, 0.25) is 0 Å². The van der Waals surface area contributed by atoms with Crippen LogP contribution in [-0.4, -0.2) is 26.2 Å². The van der Waals surface area contributed by atoms with E-state index in [1.807, 2.05) is 6.07 Å². The van der Waals surface area contributed by atoms with Crippen molar-refractivity contribution in [3.05, 3.63) is 94.2 Å². The summed E-state index contributed by atoms with van der Waals surface area (Å²) in [5.41, 5.74) is 1.77. The topological polar surface area (TPSA) is 90.0 Å². The zero-order valence-corrected chi connectivity index (χ0v) is 19.2. The van der Waals surface area contributed by atoms with Crippen molar-refractivity contribution < 1.29 is 13.6 Å². The number of aromatic nitrogens is 3. The molecule has 0 aliphatic heterocycles. The lowest BCUT2D eigenvalue weighted by Gasteiger charge is -2.12. The molecule has 34 heavy (non-hydrogen) atoms. The Morgan fingerprint density at radius 1 is 1.09 bits per heavy atom. The van der Waals surface area contributed by atoms with Crippen LogP contribution in [0.25, 0.3) is 22.2 Å². The molecule has 0 radical (unpaired) electrons. The summed E-state index contributed by atoms with van der Waals surface area (Å²) < 4.78 is 20.1. The standard InChI is InChI=1S/C24H17FN4O3S2/c25-16-9-7-15(8-10-16)20-13-33-23(26-20)28-21(30)14-34-24-27-19-6-2-1-5-18(19)22(31)29(24)12-17-4-3-11-32-17/h1-11,13H,12,14H2,(H,26,28,30). The molecule has 3 heterocycles. The number of thiazole rings is 1. The van der Waals surface area contributed by atoms with Gasteiger partial charge in [0.25, 0.3) is 5.56 Å². The number of thioether (sulfide) groups is 1. The Balaban J connectivity index is 1.33. The first-order chi connectivity index (χ1) is 16.6. The van der Waals surface area contributed by atoms with E-state index in [0.29, 0.717) is 32.6 Å². The molecule has 0 atom stereocenters. The van der Waals surface area contributed by atoms with Crippen molar-refractivity contribution in [2.24, 2.45) is 0 Å². The van der Waals surface area contributed by atoms with E-state index < -0.39 is 0 Å². The predicted molar refractivity (Wildman–Crippen MR) is 131 cm³/mol. The fraction of sp³-hybridized carbons (Fsp3) is 0.0833. The summed E-state index contributed by atoms with van der Waals surface area (Å²) in [6.45, 7) is 0.209. The number of anilines is 1. The number of rotatable bonds is 7. The molecule has 0 fully saturated rings. The average molecular weight is 493 g/mol. The van der Waals surface area contributed by atoms with Crippen LogP contribution in [0, 0.1) is 5.82 Å². The number of halogens is 1. The van der Waals surface area contributed by atoms with Gasteiger partial charge >= 0.3 is 0 Å². The fourth-order valence-corrected chi connectivity index (χ4v) is 4.86. The maximum absolute atomic E-state index is 13.1. The van der Waals surface area contributed by atoms with Crippen LogP contribution in [0.3, 0.4) is 0 Å². The maximum Gasteiger partial charge on any atom is 0.262 e. The second-order valence-corrected chi connectivity index (χ2v) is 9.06. The van der Waals surface area contributed by atoms with Gasteiger partial charge in [-0.3, -0.25) is 14.2 Å². The van der Waals surface area contributed by atoms with Gasteiger partial charge in [0.2, 0.25) is 5.91 Å². The van der Waals surface area contributed by atoms with Crippen LogP contribution < -0.4 is 10.9 Å². The molecule has 1 N–H and O–H groups in total. The van der Waals surface area contributed by atoms with E-state index in [4.69, 9.17) is 4.42 Å². The molecule has 170 valence electrons. The first kappa shape index (κ1) is 22.1. The number of nitrogens with zero attached hydrogens (tertiary/aromatic N) is 3. The lowest BCUT2D eigenvalue weighted by atomic mass is 10.2. The molecule has 0 spiro atoms. The number of hydrogen-bond acceptors (Lipinski definition) is 7. The van der Waals surface area contributed by atoms with Crippen LogP contribution in [0.15, 0.2) is 86.7 Å². The first-order valence-corrected chi connectivity index (χ1v) is 12.1. The summed E-state index contributed by atoms with van der Waals surface area (Å²) in [6, 6.07) is 16.6. The molecule has 10 heteroatoms. The van der Waals surface area contributed by atoms with Gasteiger partial charge in [-0.05, 0) is 48.5 Å². The minimum absolute atomic E-state index is 0.0361. The highest BCUT2D eigenvalue weighted by atomic mass is 32.2. The normalized spacial score (nSPS) is 11.1. The molecule has 0 aliphatic carbocycles. The van der Waals surface area contributed by atoms with Gasteiger partial charge < -0.3 is 9.73 Å². The molecular formula is C24H17FN4O3S2. The second kappa shape index (κ2) is 9.62. The molecule has 5 aromatic rings. The second-order valence-electron chi connectivity index (χ2n) is 7.26. The first-order valence-electron chi connectivity index (χ1n) is 10.2. The van der Waals surface area contributed by atoms with Crippen molar-refractivity contribution in [3.8, 4) is 11.3 Å². The van der Waals surface area contributed by atoms with E-state index in [0.717, 1.165) is 17.3 Å². The average Bonchev–Trinajstić information content (AvgIpc) is 3.53. The number of carbonyl (C=O) groups is 1. The lowest BCUT2D eigenvalue weighted by Crippen LogP contribution is -2.24. The van der Waals surface area contributed by atoms with Gasteiger partial charge in [0.1, 0.15) is 11.6 Å². The summed E-state index contributed by atoms with van der Waals surface area (Å²) in [4.78, 5) is 34.7. The smallest absolute Gasteiger partial charge is 0.262 e. The summed E-state index contributed by atoms with van der Waals surface area (Å²) in [6.07, 6.45) is 1.54. The van der Waals surface area contributed by atoms with Gasteiger partial charge in [0.15, 0.2) is 10.3 Å². The highest BCUT2D eigenvalue weighted by molar-refractivity contribution is 7.99. The Hall–Kier alpha value is -3.76. The number of nitrogens with one attached hydrogen (secondary N) is 1. The Labute approximate surface area is 201 Å². The summed E-state index contributed by atoms with van der Waals surface area (Å²) in [5.74, 6) is 0.0462. The van der Waals surface area contributed by atoms with Gasteiger partial charge in [0.05, 0.1) is 35.2 Å². The molecule has 0 saturated heterocycles. The van der Waals surface area contributed by atoms with Gasteiger partial charge in [-0.2, -0.15) is 0 Å². The number of para-hydroxylation sites is 1. The molecule has 2 aromatic carbocycles. The van der Waals surface area contributed by atoms with Crippen LogP contribution in [0.5, 0.6) is 0 Å². The van der Waals surface area contributed by atoms with E-state index in [1.54, 1.807) is 54.1 Å². The lowest BCUT2D eigenvalue weighted by molar-refractivity contribution is -0.113. The molecule has 0 bridgehead atoms. The number of fused-ring (bicyclic) bond motifs is 1. The van der Waals surface area contributed by atoms with Gasteiger partial charge in [-0.25, -0.2) is 14.4 Å². The zero-order valence-electron chi connectivity index (χ0n) is 17.6. The largest absolute Gasteiger partial charge is 0.467 e. The van der Waals surface area contributed by atoms with Crippen molar-refractivity contribution in [3.63, 3.8) is 0 Å². The Morgan fingerprint density at radius 3 is 2.71 bits per heavy atom. The SMILES string of the molecule is O=C(CSc1nc2ccccc2c(=O)n1Cc1ccco1)Nc1nc(-c2ccc(F)cc2)cs1. The fourth-order valence-electron chi connectivity index (χ4n) is 3.33. The van der Waals surface area contributed by atoms with E-state index in [-0.39, 0.29) is 29.6 Å². The Bertz CT molecular complexity index is 1510. The minimum atomic E-state index is -0.322. The molecule has 1 amide bonds. The van der Waals surface area contributed by atoms with Crippen LogP contribution in [-0.2, 0) is 11.3 Å².